The first-order valence-corrected chi connectivity index (χ1v) is 9.11. The Labute approximate surface area is 140 Å². The van der Waals surface area contributed by atoms with Crippen LogP contribution in [0.5, 0.6) is 0 Å². The Kier molecular flexibility index (Phi) is 6.07. The molecule has 9 heteroatoms. The van der Waals surface area contributed by atoms with Crippen LogP contribution in [-0.2, 0) is 20.5 Å². The lowest BCUT2D eigenvalue weighted by Gasteiger charge is -2.33. The third kappa shape index (κ3) is 4.32. The molecule has 1 aliphatic heterocycles. The smallest absolute Gasteiger partial charge is 0.276 e. The van der Waals surface area contributed by atoms with E-state index in [0.717, 1.165) is 5.56 Å². The highest BCUT2D eigenvalue weighted by Gasteiger charge is 2.35. The molecule has 1 aromatic rings. The summed E-state index contributed by atoms with van der Waals surface area (Å²) in [6.07, 6.45) is 0.608. The van der Waals surface area contributed by atoms with E-state index in [1.165, 1.54) is 7.05 Å². The van der Waals surface area contributed by atoms with Gasteiger partial charge in [-0.05, 0) is 30.7 Å². The highest BCUT2D eigenvalue weighted by Crippen LogP contribution is 2.34. The standard InChI is InChI=1S/C13H19Cl2N3O3S/c1-16-22(19,20)18-9-13(4-5-17-6-7-21-13)10-2-3-11(14)12(15)8-10/h2-3,8,16-18H,4-7,9H2,1H3/t13-/m0/s1. The highest BCUT2D eigenvalue weighted by molar-refractivity contribution is 7.87. The molecule has 0 radical (unpaired) electrons. The van der Waals surface area contributed by atoms with Gasteiger partial charge in [0.2, 0.25) is 0 Å². The predicted octanol–water partition coefficient (Wildman–Crippen LogP) is 1.25. The highest BCUT2D eigenvalue weighted by atomic mass is 35.5. The lowest BCUT2D eigenvalue weighted by molar-refractivity contribution is -0.0382. The Morgan fingerprint density at radius 2 is 2.09 bits per heavy atom. The number of nitrogens with one attached hydrogen (secondary N) is 3. The molecule has 1 heterocycles. The topological polar surface area (TPSA) is 79.5 Å². The summed E-state index contributed by atoms with van der Waals surface area (Å²) < 4.78 is 34.1. The summed E-state index contributed by atoms with van der Waals surface area (Å²) in [5.74, 6) is 0. The first-order valence-electron chi connectivity index (χ1n) is 6.87. The number of hydrogen-bond donors (Lipinski definition) is 3. The van der Waals surface area contributed by atoms with Crippen LogP contribution in [0.1, 0.15) is 12.0 Å². The average molecular weight is 368 g/mol. The van der Waals surface area contributed by atoms with Gasteiger partial charge in [-0.3, -0.25) is 0 Å². The maximum absolute atomic E-state index is 11.7. The first kappa shape index (κ1) is 17.9. The van der Waals surface area contributed by atoms with Crippen molar-refractivity contribution in [3.05, 3.63) is 33.8 Å². The van der Waals surface area contributed by atoms with E-state index in [4.69, 9.17) is 27.9 Å². The molecule has 22 heavy (non-hydrogen) atoms. The van der Waals surface area contributed by atoms with Crippen LogP contribution in [0.3, 0.4) is 0 Å². The van der Waals surface area contributed by atoms with Crippen molar-refractivity contribution in [2.24, 2.45) is 0 Å². The van der Waals surface area contributed by atoms with E-state index >= 15 is 0 Å². The quantitative estimate of drug-likeness (QED) is 0.731. The van der Waals surface area contributed by atoms with E-state index in [1.807, 2.05) is 6.07 Å². The van der Waals surface area contributed by atoms with Crippen molar-refractivity contribution in [3.8, 4) is 0 Å². The van der Waals surface area contributed by atoms with Crippen LogP contribution in [0.25, 0.3) is 0 Å². The molecule has 1 aromatic carbocycles. The van der Waals surface area contributed by atoms with Gasteiger partial charge in [-0.15, -0.1) is 0 Å². The molecule has 0 amide bonds. The zero-order chi connectivity index (χ0) is 16.2. The number of rotatable bonds is 5. The van der Waals surface area contributed by atoms with Gasteiger partial charge in [0.05, 0.1) is 16.7 Å². The monoisotopic (exact) mass is 367 g/mol. The van der Waals surface area contributed by atoms with Crippen molar-refractivity contribution in [1.82, 2.24) is 14.8 Å². The van der Waals surface area contributed by atoms with Gasteiger partial charge in [0.15, 0.2) is 0 Å². The van der Waals surface area contributed by atoms with Crippen LogP contribution in [0, 0.1) is 0 Å². The summed E-state index contributed by atoms with van der Waals surface area (Å²) in [5, 5.41) is 4.09. The van der Waals surface area contributed by atoms with Crippen LogP contribution in [-0.4, -0.2) is 41.7 Å². The summed E-state index contributed by atoms with van der Waals surface area (Å²) in [6.45, 7) is 2.00. The molecule has 6 nitrogen and oxygen atoms in total. The molecule has 124 valence electrons. The van der Waals surface area contributed by atoms with Crippen molar-refractivity contribution >= 4 is 33.4 Å². The summed E-state index contributed by atoms with van der Waals surface area (Å²) in [5.41, 5.74) is 0.00571. The Morgan fingerprint density at radius 3 is 2.77 bits per heavy atom. The summed E-state index contributed by atoms with van der Waals surface area (Å²) >= 11 is 12.1. The molecule has 0 bridgehead atoms. The Morgan fingerprint density at radius 1 is 1.32 bits per heavy atom. The normalized spacial score (nSPS) is 23.2. The van der Waals surface area contributed by atoms with Gasteiger partial charge in [-0.25, -0.2) is 4.72 Å². The fraction of sp³-hybridized carbons (Fsp3) is 0.538. The predicted molar refractivity (Wildman–Crippen MR) is 87.6 cm³/mol. The molecule has 0 aromatic heterocycles. The fourth-order valence-electron chi connectivity index (χ4n) is 2.34. The summed E-state index contributed by atoms with van der Waals surface area (Å²) in [4.78, 5) is 0. The Hall–Kier alpha value is -0.410. The van der Waals surface area contributed by atoms with Crippen LogP contribution in [0.2, 0.25) is 10.0 Å². The van der Waals surface area contributed by atoms with Crippen molar-refractivity contribution < 1.29 is 13.2 Å². The lowest BCUT2D eigenvalue weighted by Crippen LogP contribution is -2.46. The average Bonchev–Trinajstić information content (AvgIpc) is 2.75. The lowest BCUT2D eigenvalue weighted by atomic mass is 9.90. The van der Waals surface area contributed by atoms with Crippen molar-refractivity contribution in [1.29, 1.82) is 0 Å². The molecular formula is C13H19Cl2N3O3S. The zero-order valence-corrected chi connectivity index (χ0v) is 14.5. The molecular weight excluding hydrogens is 349 g/mol. The van der Waals surface area contributed by atoms with Crippen LogP contribution in [0.4, 0.5) is 0 Å². The maximum atomic E-state index is 11.7. The third-order valence-electron chi connectivity index (χ3n) is 3.62. The molecule has 2 rings (SSSR count). The molecule has 0 aliphatic carbocycles. The van der Waals surface area contributed by atoms with E-state index in [-0.39, 0.29) is 6.54 Å². The Bertz CT molecular complexity index is 617. The van der Waals surface area contributed by atoms with Crippen LogP contribution >= 0.6 is 23.2 Å². The van der Waals surface area contributed by atoms with Crippen LogP contribution < -0.4 is 14.8 Å². The Balaban J connectivity index is 2.33. The van der Waals surface area contributed by atoms with E-state index in [2.05, 4.69) is 14.8 Å². The zero-order valence-electron chi connectivity index (χ0n) is 12.2. The van der Waals surface area contributed by atoms with Crippen molar-refractivity contribution in [3.63, 3.8) is 0 Å². The van der Waals surface area contributed by atoms with E-state index in [1.54, 1.807) is 12.1 Å². The molecule has 1 fully saturated rings. The second kappa shape index (κ2) is 7.44. The molecule has 0 saturated carbocycles. The van der Waals surface area contributed by atoms with E-state index in [9.17, 15) is 8.42 Å². The van der Waals surface area contributed by atoms with E-state index < -0.39 is 15.8 Å². The van der Waals surface area contributed by atoms with Crippen LogP contribution in [0.15, 0.2) is 18.2 Å². The minimum atomic E-state index is -3.55. The number of ether oxygens (including phenoxy) is 1. The van der Waals surface area contributed by atoms with E-state index in [0.29, 0.717) is 36.2 Å². The van der Waals surface area contributed by atoms with Gasteiger partial charge in [-0.2, -0.15) is 13.1 Å². The molecule has 1 aliphatic rings. The minimum absolute atomic E-state index is 0.107. The molecule has 1 atom stereocenters. The van der Waals surface area contributed by atoms with Crippen molar-refractivity contribution in [2.75, 3.05) is 33.3 Å². The number of halogens is 2. The van der Waals surface area contributed by atoms with Gasteiger partial charge in [-0.1, -0.05) is 29.3 Å². The molecule has 0 spiro atoms. The van der Waals surface area contributed by atoms with Gasteiger partial charge in [0, 0.05) is 20.1 Å². The van der Waals surface area contributed by atoms with Gasteiger partial charge in [0.25, 0.3) is 10.2 Å². The third-order valence-corrected chi connectivity index (χ3v) is 5.43. The maximum Gasteiger partial charge on any atom is 0.276 e. The molecule has 1 saturated heterocycles. The summed E-state index contributed by atoms with van der Waals surface area (Å²) in [7, 11) is -2.20. The minimum Gasteiger partial charge on any atom is -0.368 e. The summed E-state index contributed by atoms with van der Waals surface area (Å²) in [6, 6.07) is 5.23. The second-order valence-corrected chi connectivity index (χ2v) is 7.52. The van der Waals surface area contributed by atoms with Gasteiger partial charge < -0.3 is 10.1 Å². The number of hydrogen-bond acceptors (Lipinski definition) is 4. The molecule has 0 unspecified atom stereocenters. The fourth-order valence-corrected chi connectivity index (χ4v) is 3.20. The van der Waals surface area contributed by atoms with Crippen molar-refractivity contribution in [2.45, 2.75) is 12.0 Å². The van der Waals surface area contributed by atoms with Gasteiger partial charge in [0.1, 0.15) is 5.60 Å². The first-order chi connectivity index (χ1) is 10.4. The largest absolute Gasteiger partial charge is 0.368 e. The number of benzene rings is 1. The van der Waals surface area contributed by atoms with Gasteiger partial charge >= 0.3 is 0 Å². The second-order valence-electron chi connectivity index (χ2n) is 5.00. The molecule has 3 N–H and O–H groups in total. The SMILES string of the molecule is CNS(=O)(=O)NC[C@]1(c2ccc(Cl)c(Cl)c2)CCNCCO1.